The Morgan fingerprint density at radius 1 is 1.64 bits per heavy atom. The summed E-state index contributed by atoms with van der Waals surface area (Å²) in [7, 11) is 0. The summed E-state index contributed by atoms with van der Waals surface area (Å²) >= 11 is 3.16. The average molecular weight is 428 g/mol. The largest absolute Gasteiger partial charge is 0.702 e. The molecule has 1 heterocycles. The molecule has 0 amide bonds. The number of nitrogens with one attached hydrogen (secondary N) is 1. The van der Waals surface area contributed by atoms with E-state index in [1.807, 2.05) is 6.07 Å². The van der Waals surface area contributed by atoms with E-state index in [-0.39, 0.29) is 44.1 Å². The summed E-state index contributed by atoms with van der Waals surface area (Å²) in [5.41, 5.74) is 7.60. The predicted octanol–water partition coefficient (Wildman–Crippen LogP) is 3.46. The molecule has 0 aliphatic carbocycles. The first-order valence-corrected chi connectivity index (χ1v) is 3.63. The Labute approximate surface area is 110 Å². The van der Waals surface area contributed by atoms with Gasteiger partial charge in [-0.25, -0.2) is 0 Å². The Balaban J connectivity index is 0.000001000. The van der Waals surface area contributed by atoms with Gasteiger partial charge in [-0.1, -0.05) is 6.92 Å². The van der Waals surface area contributed by atoms with Crippen LogP contribution < -0.4 is 0 Å². The van der Waals surface area contributed by atoms with Gasteiger partial charge in [0, 0.05) is 44.1 Å². The van der Waals surface area contributed by atoms with E-state index < -0.39 is 0 Å². The molecular weight excluding hydrogens is 421 g/mol. The van der Waals surface area contributed by atoms with Crippen LogP contribution in [0.15, 0.2) is 26.9 Å². The molecule has 0 aliphatic rings. The third-order valence-corrected chi connectivity index (χ3v) is 1.38. The fourth-order valence-corrected chi connectivity index (χ4v) is 0.938. The van der Waals surface area contributed by atoms with E-state index in [0.717, 1.165) is 0 Å². The van der Waals surface area contributed by atoms with Gasteiger partial charge in [-0.05, 0) is 34.1 Å². The molecule has 0 saturated carbocycles. The smallest absolute Gasteiger partial charge is 0.169 e. The number of furan rings is 1. The molecular formula is C7H7AcBrNO-. The molecule has 1 radical (unpaired) electrons. The van der Waals surface area contributed by atoms with Gasteiger partial charge in [0.2, 0.25) is 0 Å². The van der Waals surface area contributed by atoms with E-state index >= 15 is 0 Å². The second-order valence-corrected chi connectivity index (χ2v) is 2.75. The van der Waals surface area contributed by atoms with Crippen molar-refractivity contribution in [2.45, 2.75) is 6.92 Å². The van der Waals surface area contributed by atoms with Gasteiger partial charge in [-0.3, -0.25) is 0 Å². The first-order valence-electron chi connectivity index (χ1n) is 2.84. The van der Waals surface area contributed by atoms with Crippen molar-refractivity contribution in [2.24, 2.45) is 0 Å². The van der Waals surface area contributed by atoms with E-state index in [2.05, 4.69) is 15.9 Å². The minimum absolute atomic E-state index is 0. The minimum atomic E-state index is 0. The molecule has 0 unspecified atom stereocenters. The quantitative estimate of drug-likeness (QED) is 0.676. The van der Waals surface area contributed by atoms with Crippen molar-refractivity contribution in [3.05, 3.63) is 34.0 Å². The SMILES string of the molecule is C/C([NH-])=C\c1ccc(Br)o1.[Ac]. The minimum Gasteiger partial charge on any atom is -0.702 e. The van der Waals surface area contributed by atoms with Crippen LogP contribution in [0.1, 0.15) is 12.7 Å². The van der Waals surface area contributed by atoms with Gasteiger partial charge >= 0.3 is 0 Å². The molecule has 2 nitrogen and oxygen atoms in total. The van der Waals surface area contributed by atoms with Crippen LogP contribution in [0.3, 0.4) is 0 Å². The maximum atomic E-state index is 7.11. The number of hydrogen-bond acceptors (Lipinski definition) is 1. The molecule has 0 atom stereocenters. The first kappa shape index (κ1) is 11.7. The number of halogens is 1. The normalized spacial score (nSPS) is 10.9. The van der Waals surface area contributed by atoms with Crippen molar-refractivity contribution in [3.8, 4) is 0 Å². The van der Waals surface area contributed by atoms with Crippen LogP contribution >= 0.6 is 15.9 Å². The Bertz CT molecular complexity index is 253. The summed E-state index contributed by atoms with van der Waals surface area (Å²) in [4.78, 5) is 0. The number of allylic oxidation sites excluding steroid dienone is 1. The average Bonchev–Trinajstić information content (AvgIpc) is 2.13. The van der Waals surface area contributed by atoms with Crippen LogP contribution in [0.4, 0.5) is 0 Å². The predicted molar refractivity (Wildman–Crippen MR) is 44.4 cm³/mol. The summed E-state index contributed by atoms with van der Waals surface area (Å²) in [6.07, 6.45) is 1.66. The van der Waals surface area contributed by atoms with Crippen molar-refractivity contribution < 1.29 is 48.5 Å². The van der Waals surface area contributed by atoms with Crippen molar-refractivity contribution in [3.63, 3.8) is 0 Å². The van der Waals surface area contributed by atoms with E-state index in [0.29, 0.717) is 16.1 Å². The van der Waals surface area contributed by atoms with Crippen LogP contribution in [-0.4, -0.2) is 0 Å². The topological polar surface area (TPSA) is 36.9 Å². The van der Waals surface area contributed by atoms with Crippen LogP contribution in [0.5, 0.6) is 0 Å². The summed E-state index contributed by atoms with van der Waals surface area (Å²) in [5.74, 6) is 0.708. The molecule has 0 aliphatic heterocycles. The molecule has 0 aromatic carbocycles. The van der Waals surface area contributed by atoms with Crippen LogP contribution in [0.25, 0.3) is 11.8 Å². The van der Waals surface area contributed by atoms with Crippen LogP contribution in [0.2, 0.25) is 0 Å². The maximum Gasteiger partial charge on any atom is 0.169 e. The zero-order valence-corrected chi connectivity index (χ0v) is 12.4. The molecule has 0 bridgehead atoms. The zero-order valence-electron chi connectivity index (χ0n) is 6.10. The molecule has 1 aromatic rings. The Kier molecular flexibility index (Phi) is 5.76. The molecule has 11 heavy (non-hydrogen) atoms. The van der Waals surface area contributed by atoms with E-state index in [4.69, 9.17) is 10.2 Å². The van der Waals surface area contributed by atoms with E-state index in [9.17, 15) is 0 Å². The monoisotopic (exact) mass is 427 g/mol. The summed E-state index contributed by atoms with van der Waals surface area (Å²) in [6, 6.07) is 3.61. The molecule has 4 heteroatoms. The van der Waals surface area contributed by atoms with Gasteiger partial charge in [-0.15, -0.1) is 0 Å². The van der Waals surface area contributed by atoms with E-state index in [1.165, 1.54) is 0 Å². The summed E-state index contributed by atoms with van der Waals surface area (Å²) < 4.78 is 5.81. The van der Waals surface area contributed by atoms with Crippen molar-refractivity contribution in [1.29, 1.82) is 0 Å². The second-order valence-electron chi connectivity index (χ2n) is 1.97. The van der Waals surface area contributed by atoms with Crippen molar-refractivity contribution >= 4 is 22.0 Å². The van der Waals surface area contributed by atoms with Gasteiger partial charge in [0.1, 0.15) is 5.76 Å². The van der Waals surface area contributed by atoms with Crippen molar-refractivity contribution in [2.75, 3.05) is 0 Å². The standard InChI is InChI=1S/C7H7BrNO.Ac/c1-5(9)4-6-2-3-7(8)10-6;/h2-4,9H,1H3;/q-1;/b5-4+;. The van der Waals surface area contributed by atoms with Crippen molar-refractivity contribution in [1.82, 2.24) is 0 Å². The molecule has 0 fully saturated rings. The fraction of sp³-hybridized carbons (Fsp3) is 0.143. The van der Waals surface area contributed by atoms with Gasteiger partial charge in [0.15, 0.2) is 4.67 Å². The van der Waals surface area contributed by atoms with Gasteiger partial charge < -0.3 is 10.2 Å². The zero-order chi connectivity index (χ0) is 7.56. The Hall–Kier alpha value is 0.742. The molecule has 57 valence electrons. The molecule has 0 spiro atoms. The molecule has 1 N–H and O–H groups in total. The van der Waals surface area contributed by atoms with E-state index in [1.54, 1.807) is 19.1 Å². The summed E-state index contributed by atoms with van der Waals surface area (Å²) in [6.45, 7) is 1.70. The summed E-state index contributed by atoms with van der Waals surface area (Å²) in [5, 5.41) is 0. The molecule has 1 rings (SSSR count). The third kappa shape index (κ3) is 4.35. The second kappa shape index (κ2) is 5.40. The maximum absolute atomic E-state index is 7.11. The van der Waals surface area contributed by atoms with Crippen LogP contribution in [-0.2, 0) is 0 Å². The van der Waals surface area contributed by atoms with Crippen LogP contribution in [0, 0.1) is 44.1 Å². The van der Waals surface area contributed by atoms with Gasteiger partial charge in [0.25, 0.3) is 0 Å². The third-order valence-electron chi connectivity index (χ3n) is 0.953. The Morgan fingerprint density at radius 2 is 2.27 bits per heavy atom. The number of rotatable bonds is 1. The molecule has 1 aromatic heterocycles. The molecule has 0 saturated heterocycles. The number of hydrogen-bond donors (Lipinski definition) is 0. The fourth-order valence-electron chi connectivity index (χ4n) is 0.619. The first-order chi connectivity index (χ1) is 4.68. The van der Waals surface area contributed by atoms with Gasteiger partial charge in [-0.2, -0.15) is 5.70 Å². The van der Waals surface area contributed by atoms with Gasteiger partial charge in [0.05, 0.1) is 0 Å². The Morgan fingerprint density at radius 3 is 2.64 bits per heavy atom.